The number of rotatable bonds is 6. The van der Waals surface area contributed by atoms with Gasteiger partial charge in [-0.25, -0.2) is 9.97 Å². The van der Waals surface area contributed by atoms with Crippen molar-refractivity contribution in [1.29, 1.82) is 0 Å². The van der Waals surface area contributed by atoms with Crippen LogP contribution in [0.3, 0.4) is 0 Å². The van der Waals surface area contributed by atoms with E-state index in [9.17, 15) is 4.79 Å². The predicted molar refractivity (Wildman–Crippen MR) is 127 cm³/mol. The van der Waals surface area contributed by atoms with E-state index >= 15 is 0 Å². The largest absolute Gasteiger partial charge is 0.486 e. The van der Waals surface area contributed by atoms with Crippen molar-refractivity contribution in [3.05, 3.63) is 54.4 Å². The fourth-order valence-corrected chi connectivity index (χ4v) is 4.23. The number of nitrogens with one attached hydrogen (secondary N) is 1. The van der Waals surface area contributed by atoms with Gasteiger partial charge >= 0.3 is 0 Å². The van der Waals surface area contributed by atoms with Crippen molar-refractivity contribution < 1.29 is 14.3 Å². The van der Waals surface area contributed by atoms with Crippen LogP contribution in [0.2, 0.25) is 0 Å². The Morgan fingerprint density at radius 3 is 2.67 bits per heavy atom. The Balaban J connectivity index is 1.41. The third kappa shape index (κ3) is 4.89. The monoisotopic (exact) mass is 445 g/mol. The van der Waals surface area contributed by atoms with Crippen LogP contribution in [0.1, 0.15) is 37.7 Å². The summed E-state index contributed by atoms with van der Waals surface area (Å²) in [5.41, 5.74) is 5.60. The number of nitrogens with zero attached hydrogens (tertiary/aromatic N) is 4. The molecule has 3 aromatic rings. The molecule has 0 atom stereocenters. The molecule has 1 aromatic heterocycles. The number of amides is 1. The molecule has 1 saturated heterocycles. The number of likely N-dealkylation sites (tertiary alicyclic amines) is 1. The first-order valence-electron chi connectivity index (χ1n) is 11.5. The van der Waals surface area contributed by atoms with Crippen LogP contribution in [0.25, 0.3) is 10.9 Å². The first-order valence-corrected chi connectivity index (χ1v) is 11.5. The van der Waals surface area contributed by atoms with E-state index in [2.05, 4.69) is 20.5 Å². The summed E-state index contributed by atoms with van der Waals surface area (Å²) in [6.45, 7) is 2.75. The van der Waals surface area contributed by atoms with E-state index in [1.807, 2.05) is 47.4 Å². The molecule has 33 heavy (non-hydrogen) atoms. The lowest BCUT2D eigenvalue weighted by atomic mass is 10.0. The third-order valence-corrected chi connectivity index (χ3v) is 6.00. The van der Waals surface area contributed by atoms with E-state index in [1.54, 1.807) is 0 Å². The van der Waals surface area contributed by atoms with Gasteiger partial charge in [0.25, 0.3) is 0 Å². The standard InChI is InChI=1S/C25H27N5O3/c31-24(30-12-4-1-5-13-30)11-9-20(18-8-10-22-23(16-18)33-15-14-32-22)28-29-25-19-6-2-3-7-21(19)26-17-27-25/h2-3,6-8,10,16-17H,1,4-5,9,11-15H2,(H,26,27,29)/b28-20-. The van der Waals surface area contributed by atoms with Gasteiger partial charge in [-0.3, -0.25) is 10.2 Å². The lowest BCUT2D eigenvalue weighted by Crippen LogP contribution is -2.35. The summed E-state index contributed by atoms with van der Waals surface area (Å²) < 4.78 is 11.4. The summed E-state index contributed by atoms with van der Waals surface area (Å²) in [4.78, 5) is 23.4. The fraction of sp³-hybridized carbons (Fsp3) is 0.360. The van der Waals surface area contributed by atoms with Crippen LogP contribution in [0.5, 0.6) is 11.5 Å². The highest BCUT2D eigenvalue weighted by Gasteiger charge is 2.19. The SMILES string of the molecule is O=C(CC/C(=N/Nc1ncnc2ccccc12)c1ccc2c(c1)OCCO2)N1CCCCC1. The zero-order valence-electron chi connectivity index (χ0n) is 18.5. The molecule has 0 unspecified atom stereocenters. The predicted octanol–water partition coefficient (Wildman–Crippen LogP) is 4.01. The lowest BCUT2D eigenvalue weighted by Gasteiger charge is -2.26. The van der Waals surface area contributed by atoms with Crippen molar-refractivity contribution in [2.24, 2.45) is 5.10 Å². The second-order valence-corrected chi connectivity index (χ2v) is 8.21. The zero-order chi connectivity index (χ0) is 22.5. The normalized spacial score (nSPS) is 16.0. The van der Waals surface area contributed by atoms with Gasteiger partial charge in [-0.05, 0) is 49.6 Å². The fourth-order valence-electron chi connectivity index (χ4n) is 4.23. The number of anilines is 1. The lowest BCUT2D eigenvalue weighted by molar-refractivity contribution is -0.131. The van der Waals surface area contributed by atoms with E-state index in [0.29, 0.717) is 37.6 Å². The Morgan fingerprint density at radius 2 is 1.79 bits per heavy atom. The molecular weight excluding hydrogens is 418 g/mol. The van der Waals surface area contributed by atoms with Crippen LogP contribution in [0.15, 0.2) is 53.9 Å². The summed E-state index contributed by atoms with van der Waals surface area (Å²) in [7, 11) is 0. The summed E-state index contributed by atoms with van der Waals surface area (Å²) in [6.07, 6.45) is 5.78. The molecule has 1 N–H and O–H groups in total. The van der Waals surface area contributed by atoms with Crippen LogP contribution in [0.4, 0.5) is 5.82 Å². The molecule has 2 aromatic carbocycles. The maximum atomic E-state index is 12.8. The highest BCUT2D eigenvalue weighted by Crippen LogP contribution is 2.31. The van der Waals surface area contributed by atoms with Crippen molar-refractivity contribution >= 4 is 28.3 Å². The highest BCUT2D eigenvalue weighted by molar-refractivity contribution is 6.03. The highest BCUT2D eigenvalue weighted by atomic mass is 16.6. The molecule has 1 fully saturated rings. The molecule has 1 amide bonds. The number of benzene rings is 2. The Morgan fingerprint density at radius 1 is 0.970 bits per heavy atom. The quantitative estimate of drug-likeness (QED) is 0.456. The van der Waals surface area contributed by atoms with E-state index in [0.717, 1.165) is 53.9 Å². The molecule has 0 saturated carbocycles. The van der Waals surface area contributed by atoms with Gasteiger partial charge < -0.3 is 14.4 Å². The van der Waals surface area contributed by atoms with Crippen molar-refractivity contribution in [1.82, 2.24) is 14.9 Å². The third-order valence-electron chi connectivity index (χ3n) is 6.00. The van der Waals surface area contributed by atoms with Crippen LogP contribution < -0.4 is 14.9 Å². The Labute approximate surface area is 192 Å². The van der Waals surface area contributed by atoms with Crippen molar-refractivity contribution in [2.75, 3.05) is 31.7 Å². The van der Waals surface area contributed by atoms with E-state index in [-0.39, 0.29) is 5.91 Å². The maximum absolute atomic E-state index is 12.8. The van der Waals surface area contributed by atoms with E-state index in [4.69, 9.17) is 9.47 Å². The van der Waals surface area contributed by atoms with E-state index in [1.165, 1.54) is 12.7 Å². The molecule has 8 heteroatoms. The summed E-state index contributed by atoms with van der Waals surface area (Å²) in [6, 6.07) is 13.6. The summed E-state index contributed by atoms with van der Waals surface area (Å²) >= 11 is 0. The number of hydrogen-bond donors (Lipinski definition) is 1. The van der Waals surface area contributed by atoms with Gasteiger partial charge in [-0.1, -0.05) is 12.1 Å². The van der Waals surface area contributed by atoms with Gasteiger partial charge in [0.2, 0.25) is 5.91 Å². The van der Waals surface area contributed by atoms with Gasteiger partial charge in [0.05, 0.1) is 11.2 Å². The second kappa shape index (κ2) is 9.85. The van der Waals surface area contributed by atoms with Gasteiger partial charge in [0.1, 0.15) is 19.5 Å². The number of aromatic nitrogens is 2. The van der Waals surface area contributed by atoms with Gasteiger partial charge in [-0.15, -0.1) is 0 Å². The molecule has 2 aliphatic rings. The number of ether oxygens (including phenoxy) is 2. The first kappa shape index (κ1) is 21.2. The average Bonchev–Trinajstić information content (AvgIpc) is 2.89. The molecule has 0 bridgehead atoms. The Hall–Kier alpha value is -3.68. The van der Waals surface area contributed by atoms with Crippen LogP contribution in [-0.4, -0.2) is 52.8 Å². The minimum Gasteiger partial charge on any atom is -0.486 e. The van der Waals surface area contributed by atoms with E-state index < -0.39 is 0 Å². The van der Waals surface area contributed by atoms with Gasteiger partial charge in [-0.2, -0.15) is 5.10 Å². The number of piperidine rings is 1. The number of hydrazone groups is 1. The van der Waals surface area contributed by atoms with Crippen LogP contribution in [0, 0.1) is 0 Å². The smallest absolute Gasteiger partial charge is 0.222 e. The molecular formula is C25H27N5O3. The van der Waals surface area contributed by atoms with Gasteiger partial charge in [0.15, 0.2) is 17.3 Å². The molecule has 8 nitrogen and oxygen atoms in total. The number of carbonyl (C=O) groups excluding carboxylic acids is 1. The maximum Gasteiger partial charge on any atom is 0.222 e. The van der Waals surface area contributed by atoms with Crippen molar-refractivity contribution in [3.8, 4) is 11.5 Å². The second-order valence-electron chi connectivity index (χ2n) is 8.21. The number of para-hydroxylation sites is 1. The number of carbonyl (C=O) groups is 1. The molecule has 0 spiro atoms. The van der Waals surface area contributed by atoms with Crippen molar-refractivity contribution in [2.45, 2.75) is 32.1 Å². The molecule has 5 rings (SSSR count). The zero-order valence-corrected chi connectivity index (χ0v) is 18.5. The molecule has 3 heterocycles. The topological polar surface area (TPSA) is 88.9 Å². The van der Waals surface area contributed by atoms with Gasteiger partial charge in [0, 0.05) is 36.9 Å². The number of fused-ring (bicyclic) bond motifs is 2. The Bertz CT molecular complexity index is 1170. The Kier molecular flexibility index (Phi) is 6.32. The molecule has 0 aliphatic carbocycles. The number of hydrogen-bond acceptors (Lipinski definition) is 7. The first-order chi connectivity index (χ1) is 16.3. The molecule has 170 valence electrons. The van der Waals surface area contributed by atoms with Crippen LogP contribution >= 0.6 is 0 Å². The average molecular weight is 446 g/mol. The summed E-state index contributed by atoms with van der Waals surface area (Å²) in [5, 5.41) is 5.57. The molecule has 2 aliphatic heterocycles. The van der Waals surface area contributed by atoms with Crippen molar-refractivity contribution in [3.63, 3.8) is 0 Å². The minimum absolute atomic E-state index is 0.174. The van der Waals surface area contributed by atoms with Crippen LogP contribution in [-0.2, 0) is 4.79 Å². The molecule has 0 radical (unpaired) electrons. The minimum atomic E-state index is 0.174. The summed E-state index contributed by atoms with van der Waals surface area (Å²) in [5.74, 6) is 2.22.